The van der Waals surface area contributed by atoms with Crippen molar-refractivity contribution in [2.75, 3.05) is 13.1 Å². The number of halogens is 3. The maximum absolute atomic E-state index is 12.9. The average molecular weight is 345 g/mol. The highest BCUT2D eigenvalue weighted by Gasteiger charge is 2.39. The third kappa shape index (κ3) is 3.54. The number of likely N-dealkylation sites (tertiary alicyclic amines) is 1. The number of carboxylic acid groups (broad SMARTS) is 1. The van der Waals surface area contributed by atoms with Gasteiger partial charge in [0.05, 0.1) is 6.04 Å². The monoisotopic (exact) mass is 345 g/mol. The summed E-state index contributed by atoms with van der Waals surface area (Å²) in [6, 6.07) is 0.689. The number of rotatable bonds is 4. The van der Waals surface area contributed by atoms with E-state index in [0.717, 1.165) is 18.9 Å². The third-order valence-electron chi connectivity index (χ3n) is 4.50. The largest absolute Gasteiger partial charge is 0.481 e. The van der Waals surface area contributed by atoms with Crippen molar-refractivity contribution in [2.45, 2.75) is 44.3 Å². The van der Waals surface area contributed by atoms with Crippen LogP contribution in [0.4, 0.5) is 13.2 Å². The number of carbonyl (C=O) groups is 2. The Morgan fingerprint density at radius 3 is 2.33 bits per heavy atom. The minimum absolute atomic E-state index is 0.00521. The van der Waals surface area contributed by atoms with Crippen LogP contribution in [0.2, 0.25) is 0 Å². The van der Waals surface area contributed by atoms with Crippen LogP contribution in [0.25, 0.3) is 0 Å². The van der Waals surface area contributed by atoms with Crippen LogP contribution in [0.1, 0.15) is 54.3 Å². The Bertz CT molecular complexity index is 644. The first-order valence-corrected chi connectivity index (χ1v) is 7.93. The zero-order chi connectivity index (χ0) is 17.5. The highest BCUT2D eigenvalue weighted by molar-refractivity contribution is 5.93. The molecule has 6 nitrogen and oxygen atoms in total. The van der Waals surface area contributed by atoms with Gasteiger partial charge in [0.15, 0.2) is 5.69 Å². The summed E-state index contributed by atoms with van der Waals surface area (Å²) in [7, 11) is 0. The standard InChI is InChI=1S/C15H18F3N3O3/c16-15(17,18)12-8-11(21(19-12)10-1-2-10)14(24)20-5-3-9(4-6-20)7-13(22)23/h8-10H,1-7H2,(H,22,23). The SMILES string of the molecule is O=C(O)CC1CCN(C(=O)c2cc(C(F)(F)F)nn2C2CC2)CC1. The van der Waals surface area contributed by atoms with Gasteiger partial charge < -0.3 is 10.0 Å². The third-order valence-corrected chi connectivity index (χ3v) is 4.50. The Hall–Kier alpha value is -2.06. The molecule has 1 aromatic rings. The number of carboxylic acids is 1. The lowest BCUT2D eigenvalue weighted by atomic mass is 9.93. The summed E-state index contributed by atoms with van der Waals surface area (Å²) in [6.07, 6.45) is -1.99. The number of amides is 1. The lowest BCUT2D eigenvalue weighted by molar-refractivity contribution is -0.141. The van der Waals surface area contributed by atoms with Gasteiger partial charge in [-0.25, -0.2) is 0 Å². The number of hydrogen-bond acceptors (Lipinski definition) is 3. The van der Waals surface area contributed by atoms with Gasteiger partial charge in [-0.1, -0.05) is 0 Å². The van der Waals surface area contributed by atoms with Crippen molar-refractivity contribution in [2.24, 2.45) is 5.92 Å². The molecule has 3 rings (SSSR count). The molecular formula is C15H18F3N3O3. The minimum Gasteiger partial charge on any atom is -0.481 e. The van der Waals surface area contributed by atoms with Gasteiger partial charge in [0, 0.05) is 25.6 Å². The van der Waals surface area contributed by atoms with Gasteiger partial charge >= 0.3 is 12.1 Å². The van der Waals surface area contributed by atoms with E-state index in [9.17, 15) is 22.8 Å². The number of alkyl halides is 3. The van der Waals surface area contributed by atoms with Crippen LogP contribution >= 0.6 is 0 Å². The summed E-state index contributed by atoms with van der Waals surface area (Å²) in [6.45, 7) is 0.710. The molecule has 0 radical (unpaired) electrons. The predicted molar refractivity (Wildman–Crippen MR) is 76.4 cm³/mol. The van der Waals surface area contributed by atoms with Crippen LogP contribution in [-0.2, 0) is 11.0 Å². The number of piperidine rings is 1. The molecule has 2 heterocycles. The van der Waals surface area contributed by atoms with Gasteiger partial charge in [-0.3, -0.25) is 14.3 Å². The number of aromatic nitrogens is 2. The molecule has 132 valence electrons. The number of aliphatic carboxylic acids is 1. The molecule has 0 bridgehead atoms. The molecule has 1 saturated heterocycles. The van der Waals surface area contributed by atoms with Crippen molar-refractivity contribution in [3.63, 3.8) is 0 Å². The number of nitrogens with zero attached hydrogens (tertiary/aromatic N) is 3. The second-order valence-corrected chi connectivity index (χ2v) is 6.42. The van der Waals surface area contributed by atoms with E-state index >= 15 is 0 Å². The van der Waals surface area contributed by atoms with Crippen molar-refractivity contribution in [3.05, 3.63) is 17.5 Å². The number of hydrogen-bond donors (Lipinski definition) is 1. The average Bonchev–Trinajstić information content (AvgIpc) is 3.24. The topological polar surface area (TPSA) is 75.4 Å². The van der Waals surface area contributed by atoms with Gasteiger partial charge in [-0.2, -0.15) is 18.3 Å². The normalized spacial score (nSPS) is 19.5. The fraction of sp³-hybridized carbons (Fsp3) is 0.667. The van der Waals surface area contributed by atoms with E-state index in [1.165, 1.54) is 9.58 Å². The zero-order valence-corrected chi connectivity index (χ0v) is 12.9. The fourth-order valence-corrected chi connectivity index (χ4v) is 3.04. The van der Waals surface area contributed by atoms with Crippen LogP contribution in [0.5, 0.6) is 0 Å². The zero-order valence-electron chi connectivity index (χ0n) is 12.9. The van der Waals surface area contributed by atoms with E-state index in [2.05, 4.69) is 5.10 Å². The lowest BCUT2D eigenvalue weighted by Crippen LogP contribution is -2.39. The van der Waals surface area contributed by atoms with Gasteiger partial charge in [0.1, 0.15) is 5.69 Å². The predicted octanol–water partition coefficient (Wildman–Crippen LogP) is 2.56. The van der Waals surface area contributed by atoms with E-state index in [1.807, 2.05) is 0 Å². The molecule has 24 heavy (non-hydrogen) atoms. The van der Waals surface area contributed by atoms with Crippen LogP contribution in [-0.4, -0.2) is 44.8 Å². The summed E-state index contributed by atoms with van der Waals surface area (Å²) in [5.74, 6) is -1.33. The molecule has 9 heteroatoms. The molecule has 0 unspecified atom stereocenters. The Balaban J connectivity index is 1.73. The Labute approximate surface area is 136 Å². The van der Waals surface area contributed by atoms with Crippen molar-refractivity contribution in [3.8, 4) is 0 Å². The first kappa shape index (κ1) is 16.8. The molecule has 2 fully saturated rings. The molecule has 1 aliphatic heterocycles. The Morgan fingerprint density at radius 2 is 1.83 bits per heavy atom. The second kappa shape index (κ2) is 6.10. The van der Waals surface area contributed by atoms with E-state index in [-0.39, 0.29) is 24.1 Å². The minimum atomic E-state index is -4.58. The molecule has 0 atom stereocenters. The van der Waals surface area contributed by atoms with E-state index in [0.29, 0.717) is 25.9 Å². The van der Waals surface area contributed by atoms with E-state index < -0.39 is 23.7 Å². The van der Waals surface area contributed by atoms with Crippen LogP contribution in [0, 0.1) is 5.92 Å². The summed E-state index contributed by atoms with van der Waals surface area (Å²) in [5, 5.41) is 12.4. The first-order valence-electron chi connectivity index (χ1n) is 7.93. The van der Waals surface area contributed by atoms with Gasteiger partial charge in [0.2, 0.25) is 0 Å². The summed E-state index contributed by atoms with van der Waals surface area (Å²) in [5.41, 5.74) is -1.07. The quantitative estimate of drug-likeness (QED) is 0.910. The summed E-state index contributed by atoms with van der Waals surface area (Å²) >= 11 is 0. The smallest absolute Gasteiger partial charge is 0.435 e. The van der Waals surface area contributed by atoms with Gasteiger partial charge in [0.25, 0.3) is 5.91 Å². The fourth-order valence-electron chi connectivity index (χ4n) is 3.04. The van der Waals surface area contributed by atoms with Gasteiger partial charge in [-0.15, -0.1) is 0 Å². The second-order valence-electron chi connectivity index (χ2n) is 6.42. The first-order chi connectivity index (χ1) is 11.3. The molecular weight excluding hydrogens is 327 g/mol. The van der Waals surface area contributed by atoms with E-state index in [4.69, 9.17) is 5.11 Å². The van der Waals surface area contributed by atoms with Crippen molar-refractivity contribution < 1.29 is 27.9 Å². The molecule has 1 N–H and O–H groups in total. The maximum atomic E-state index is 12.9. The van der Waals surface area contributed by atoms with Crippen molar-refractivity contribution in [1.29, 1.82) is 0 Å². The van der Waals surface area contributed by atoms with Gasteiger partial charge in [-0.05, 0) is 31.6 Å². The molecule has 1 saturated carbocycles. The summed E-state index contributed by atoms with van der Waals surface area (Å²) in [4.78, 5) is 24.8. The highest BCUT2D eigenvalue weighted by atomic mass is 19.4. The molecule has 2 aliphatic rings. The number of carbonyl (C=O) groups excluding carboxylic acids is 1. The molecule has 0 aromatic carbocycles. The van der Waals surface area contributed by atoms with Crippen molar-refractivity contribution in [1.82, 2.24) is 14.7 Å². The van der Waals surface area contributed by atoms with Crippen LogP contribution in [0.15, 0.2) is 6.07 Å². The van der Waals surface area contributed by atoms with Crippen molar-refractivity contribution >= 4 is 11.9 Å². The lowest BCUT2D eigenvalue weighted by Gasteiger charge is -2.31. The van der Waals surface area contributed by atoms with Crippen LogP contribution in [0.3, 0.4) is 0 Å². The van der Waals surface area contributed by atoms with E-state index in [1.54, 1.807) is 0 Å². The molecule has 1 aliphatic carbocycles. The molecule has 1 aromatic heterocycles. The molecule has 1 amide bonds. The van der Waals surface area contributed by atoms with Crippen LogP contribution < -0.4 is 0 Å². The summed E-state index contributed by atoms with van der Waals surface area (Å²) < 4.78 is 39.9. The maximum Gasteiger partial charge on any atom is 0.435 e. The highest BCUT2D eigenvalue weighted by Crippen LogP contribution is 2.38. The Morgan fingerprint density at radius 1 is 1.21 bits per heavy atom. The molecule has 0 spiro atoms. The Kier molecular flexibility index (Phi) is 4.27.